The Bertz CT molecular complexity index is 623. The third-order valence-electron chi connectivity index (χ3n) is 3.84. The molecule has 0 spiro atoms. The number of hydrazone groups is 1. The lowest BCUT2D eigenvalue weighted by atomic mass is 9.95. The molecule has 1 aliphatic heterocycles. The number of aliphatic hydroxyl groups is 1. The topological polar surface area (TPSA) is 52.9 Å². The van der Waals surface area contributed by atoms with E-state index < -0.39 is 35.9 Å². The smallest absolute Gasteiger partial charge is 0.365 e. The lowest BCUT2D eigenvalue weighted by Crippen LogP contribution is -2.45. The molecule has 0 aromatic heterocycles. The van der Waals surface area contributed by atoms with Gasteiger partial charge in [0.05, 0.1) is 6.42 Å². The number of halogens is 3. The van der Waals surface area contributed by atoms with Crippen LogP contribution in [-0.4, -0.2) is 27.9 Å². The van der Waals surface area contributed by atoms with E-state index in [1.165, 1.54) is 12.1 Å². The van der Waals surface area contributed by atoms with Crippen LogP contribution in [0.4, 0.5) is 13.2 Å². The van der Waals surface area contributed by atoms with Crippen molar-refractivity contribution in [2.24, 2.45) is 11.0 Å². The van der Waals surface area contributed by atoms with E-state index in [4.69, 9.17) is 0 Å². The molecule has 0 fully saturated rings. The summed E-state index contributed by atoms with van der Waals surface area (Å²) in [5.41, 5.74) is -2.08. The molecule has 1 amide bonds. The number of hydrogen-bond acceptors (Lipinski definition) is 3. The number of carbonyl (C=O) groups excluding carboxylic acids is 1. The van der Waals surface area contributed by atoms with Crippen molar-refractivity contribution in [1.29, 1.82) is 0 Å². The van der Waals surface area contributed by atoms with Crippen molar-refractivity contribution in [3.05, 3.63) is 35.4 Å². The summed E-state index contributed by atoms with van der Waals surface area (Å²) < 4.78 is 39.0. The second kappa shape index (κ2) is 5.96. The van der Waals surface area contributed by atoms with Crippen molar-refractivity contribution in [3.8, 4) is 0 Å². The van der Waals surface area contributed by atoms with Gasteiger partial charge in [0.15, 0.2) is 5.72 Å². The molecule has 1 atom stereocenters. The first-order valence-electron chi connectivity index (χ1n) is 7.40. The van der Waals surface area contributed by atoms with Gasteiger partial charge in [-0.2, -0.15) is 23.3 Å². The van der Waals surface area contributed by atoms with E-state index in [1.807, 2.05) is 6.92 Å². The molecule has 0 aliphatic carbocycles. The molecule has 7 heteroatoms. The first-order valence-corrected chi connectivity index (χ1v) is 7.40. The van der Waals surface area contributed by atoms with Gasteiger partial charge in [0.1, 0.15) is 5.71 Å². The molecular formula is C16H19F3N2O2. The van der Waals surface area contributed by atoms with E-state index in [0.29, 0.717) is 5.01 Å². The van der Waals surface area contributed by atoms with Gasteiger partial charge in [0, 0.05) is 11.5 Å². The molecule has 4 nitrogen and oxygen atoms in total. The van der Waals surface area contributed by atoms with E-state index >= 15 is 0 Å². The summed E-state index contributed by atoms with van der Waals surface area (Å²) in [5.74, 6) is -1.25. The fourth-order valence-corrected chi connectivity index (χ4v) is 2.41. The van der Waals surface area contributed by atoms with Gasteiger partial charge in [0.25, 0.3) is 0 Å². The number of benzene rings is 1. The predicted molar refractivity (Wildman–Crippen MR) is 79.5 cm³/mol. The Labute approximate surface area is 132 Å². The Kier molecular flexibility index (Phi) is 4.52. The van der Waals surface area contributed by atoms with Gasteiger partial charge in [-0.1, -0.05) is 45.0 Å². The first-order chi connectivity index (χ1) is 10.6. The van der Waals surface area contributed by atoms with Crippen LogP contribution in [0.3, 0.4) is 0 Å². The Morgan fingerprint density at radius 3 is 2.35 bits per heavy atom. The molecule has 1 unspecified atom stereocenters. The third-order valence-corrected chi connectivity index (χ3v) is 3.84. The normalized spacial score (nSPS) is 21.7. The lowest BCUT2D eigenvalue weighted by Gasteiger charge is -2.32. The molecule has 0 radical (unpaired) electrons. The molecule has 0 saturated heterocycles. The highest BCUT2D eigenvalue weighted by molar-refractivity contribution is 5.94. The van der Waals surface area contributed by atoms with Gasteiger partial charge in [-0.3, -0.25) is 4.79 Å². The molecule has 23 heavy (non-hydrogen) atoms. The molecular weight excluding hydrogens is 309 g/mol. The zero-order valence-electron chi connectivity index (χ0n) is 13.2. The van der Waals surface area contributed by atoms with E-state index in [1.54, 1.807) is 26.0 Å². The van der Waals surface area contributed by atoms with Crippen LogP contribution in [0.1, 0.15) is 38.3 Å². The van der Waals surface area contributed by atoms with Crippen molar-refractivity contribution in [2.45, 2.75) is 45.5 Å². The van der Waals surface area contributed by atoms with Gasteiger partial charge < -0.3 is 5.11 Å². The second-order valence-corrected chi connectivity index (χ2v) is 5.89. The SMILES string of the molecule is CCc1ccc(C2(O)CC(C(F)(F)F)=NN2C(=O)C(C)C)cc1. The maximum Gasteiger partial charge on any atom is 0.431 e. The quantitative estimate of drug-likeness (QED) is 0.926. The summed E-state index contributed by atoms with van der Waals surface area (Å²) in [6.45, 7) is 5.03. The third kappa shape index (κ3) is 3.24. The molecule has 126 valence electrons. The van der Waals surface area contributed by atoms with Crippen LogP contribution in [0.15, 0.2) is 29.4 Å². The van der Waals surface area contributed by atoms with Crippen LogP contribution in [0.2, 0.25) is 0 Å². The molecule has 1 aliphatic rings. The molecule has 1 N–H and O–H groups in total. The number of alkyl halides is 3. The zero-order valence-corrected chi connectivity index (χ0v) is 13.2. The van der Waals surface area contributed by atoms with Crippen LogP contribution in [0.25, 0.3) is 0 Å². The Morgan fingerprint density at radius 2 is 1.91 bits per heavy atom. The van der Waals surface area contributed by atoms with Crippen molar-refractivity contribution in [1.82, 2.24) is 5.01 Å². The van der Waals surface area contributed by atoms with Crippen LogP contribution >= 0.6 is 0 Å². The van der Waals surface area contributed by atoms with Gasteiger partial charge in [-0.05, 0) is 12.0 Å². The maximum atomic E-state index is 13.0. The van der Waals surface area contributed by atoms with E-state index in [-0.39, 0.29) is 5.56 Å². The lowest BCUT2D eigenvalue weighted by molar-refractivity contribution is -0.161. The molecule has 0 saturated carbocycles. The Hall–Kier alpha value is -1.89. The van der Waals surface area contributed by atoms with Gasteiger partial charge in [-0.15, -0.1) is 0 Å². The summed E-state index contributed by atoms with van der Waals surface area (Å²) >= 11 is 0. The molecule has 2 rings (SSSR count). The summed E-state index contributed by atoms with van der Waals surface area (Å²) in [6.07, 6.45) is -4.71. The number of rotatable bonds is 3. The highest BCUT2D eigenvalue weighted by Gasteiger charge is 2.53. The molecule has 1 heterocycles. The van der Waals surface area contributed by atoms with Crippen LogP contribution < -0.4 is 0 Å². The molecule has 1 aromatic carbocycles. The van der Waals surface area contributed by atoms with Crippen molar-refractivity contribution in [2.75, 3.05) is 0 Å². The minimum absolute atomic E-state index is 0.215. The fourth-order valence-electron chi connectivity index (χ4n) is 2.41. The van der Waals surface area contributed by atoms with Crippen molar-refractivity contribution < 1.29 is 23.1 Å². The first kappa shape index (κ1) is 17.5. The van der Waals surface area contributed by atoms with E-state index in [2.05, 4.69) is 5.10 Å². The van der Waals surface area contributed by atoms with Gasteiger partial charge in [0.2, 0.25) is 5.91 Å². The minimum atomic E-state index is -4.69. The highest BCUT2D eigenvalue weighted by Crippen LogP contribution is 2.40. The second-order valence-electron chi connectivity index (χ2n) is 5.89. The molecule has 0 bridgehead atoms. The van der Waals surface area contributed by atoms with Crippen LogP contribution in [0.5, 0.6) is 0 Å². The predicted octanol–water partition coefficient (Wildman–Crippen LogP) is 3.20. The molecule has 1 aromatic rings. The van der Waals surface area contributed by atoms with Gasteiger partial charge in [-0.25, -0.2) is 0 Å². The standard InChI is InChI=1S/C16H19F3N2O2/c1-4-11-5-7-12(8-6-11)15(23)9-13(16(17,18)19)20-21(15)14(22)10(2)3/h5-8,10,23H,4,9H2,1-3H3. The summed E-state index contributed by atoms with van der Waals surface area (Å²) in [5, 5.41) is 14.8. The fraction of sp³-hybridized carbons (Fsp3) is 0.500. The largest absolute Gasteiger partial charge is 0.431 e. The summed E-state index contributed by atoms with van der Waals surface area (Å²) in [4.78, 5) is 12.2. The van der Waals surface area contributed by atoms with E-state index in [0.717, 1.165) is 12.0 Å². The number of nitrogens with zero attached hydrogens (tertiary/aromatic N) is 2. The monoisotopic (exact) mass is 328 g/mol. The van der Waals surface area contributed by atoms with Crippen LogP contribution in [-0.2, 0) is 16.9 Å². The Morgan fingerprint density at radius 1 is 1.35 bits per heavy atom. The highest BCUT2D eigenvalue weighted by atomic mass is 19.4. The summed E-state index contributed by atoms with van der Waals surface area (Å²) in [7, 11) is 0. The minimum Gasteiger partial charge on any atom is -0.365 e. The van der Waals surface area contributed by atoms with Crippen molar-refractivity contribution in [3.63, 3.8) is 0 Å². The number of hydrogen-bond donors (Lipinski definition) is 1. The average Bonchev–Trinajstić information content (AvgIpc) is 2.85. The van der Waals surface area contributed by atoms with Crippen LogP contribution in [0, 0.1) is 5.92 Å². The number of carbonyl (C=O) groups is 1. The van der Waals surface area contributed by atoms with Gasteiger partial charge >= 0.3 is 6.18 Å². The van der Waals surface area contributed by atoms with E-state index in [9.17, 15) is 23.1 Å². The Balaban J connectivity index is 2.47. The summed E-state index contributed by atoms with van der Waals surface area (Å²) in [6, 6.07) is 6.51. The zero-order chi connectivity index (χ0) is 17.4. The number of amides is 1. The average molecular weight is 328 g/mol. The maximum absolute atomic E-state index is 13.0. The van der Waals surface area contributed by atoms with Crippen molar-refractivity contribution >= 4 is 11.6 Å². The number of aryl methyl sites for hydroxylation is 1.